The summed E-state index contributed by atoms with van der Waals surface area (Å²) in [6.07, 6.45) is 1.94. The van der Waals surface area contributed by atoms with E-state index in [1.165, 1.54) is 11.6 Å². The van der Waals surface area contributed by atoms with Gasteiger partial charge in [-0.25, -0.2) is 4.39 Å². The average molecular weight is 489 g/mol. The minimum absolute atomic E-state index is 0.0365. The molecule has 2 amide bonds. The van der Waals surface area contributed by atoms with Gasteiger partial charge in [0.2, 0.25) is 11.8 Å². The van der Waals surface area contributed by atoms with E-state index in [1.807, 2.05) is 37.3 Å². The van der Waals surface area contributed by atoms with Crippen LogP contribution in [0.3, 0.4) is 0 Å². The van der Waals surface area contributed by atoms with Crippen LogP contribution in [-0.2, 0) is 29.0 Å². The number of nitrogens with one attached hydrogen (secondary N) is 1. The lowest BCUT2D eigenvalue weighted by atomic mass is 9.99. The number of carbonyl (C=O) groups excluding carboxylic acids is 2. The van der Waals surface area contributed by atoms with E-state index in [0.717, 1.165) is 17.5 Å². The molecule has 0 aromatic heterocycles. The molecule has 0 fully saturated rings. The Kier molecular flexibility index (Phi) is 10.2. The number of benzene rings is 3. The largest absolute Gasteiger partial charge is 0.354 e. The van der Waals surface area contributed by atoms with Crippen molar-refractivity contribution in [2.75, 3.05) is 6.54 Å². The minimum atomic E-state index is -0.741. The topological polar surface area (TPSA) is 49.4 Å². The minimum Gasteiger partial charge on any atom is -0.354 e. The van der Waals surface area contributed by atoms with E-state index in [0.29, 0.717) is 30.9 Å². The zero-order chi connectivity index (χ0) is 25.9. The van der Waals surface area contributed by atoms with E-state index < -0.39 is 6.04 Å². The number of rotatable bonds is 12. The van der Waals surface area contributed by atoms with Gasteiger partial charge in [0.1, 0.15) is 11.9 Å². The van der Waals surface area contributed by atoms with Crippen LogP contribution < -0.4 is 5.32 Å². The molecular weight excluding hydrogens is 451 g/mol. The Morgan fingerprint density at radius 2 is 1.56 bits per heavy atom. The van der Waals surface area contributed by atoms with Crippen LogP contribution >= 0.6 is 0 Å². The van der Waals surface area contributed by atoms with E-state index >= 15 is 0 Å². The molecule has 3 aromatic carbocycles. The second kappa shape index (κ2) is 13.6. The van der Waals surface area contributed by atoms with Crippen molar-refractivity contribution in [3.05, 3.63) is 107 Å². The Morgan fingerprint density at radius 1 is 0.889 bits per heavy atom. The summed E-state index contributed by atoms with van der Waals surface area (Å²) in [6.45, 7) is 6.84. The van der Waals surface area contributed by atoms with Gasteiger partial charge in [-0.1, -0.05) is 93.6 Å². The van der Waals surface area contributed by atoms with Crippen molar-refractivity contribution in [3.63, 3.8) is 0 Å². The first-order chi connectivity index (χ1) is 17.4. The van der Waals surface area contributed by atoms with Crippen molar-refractivity contribution >= 4 is 11.8 Å². The number of nitrogens with zero attached hydrogens (tertiary/aromatic N) is 1. The zero-order valence-corrected chi connectivity index (χ0v) is 21.5. The molecule has 0 radical (unpaired) electrons. The molecule has 1 atom stereocenters. The van der Waals surface area contributed by atoms with Gasteiger partial charge in [0.15, 0.2) is 0 Å². The summed E-state index contributed by atoms with van der Waals surface area (Å²) >= 11 is 0. The maximum Gasteiger partial charge on any atom is 0.243 e. The van der Waals surface area contributed by atoms with Crippen molar-refractivity contribution < 1.29 is 14.0 Å². The number of hydrogen-bond acceptors (Lipinski definition) is 2. The van der Waals surface area contributed by atoms with Crippen molar-refractivity contribution in [3.8, 4) is 0 Å². The Balaban J connectivity index is 1.87. The summed E-state index contributed by atoms with van der Waals surface area (Å²) in [5.74, 6) is -0.324. The highest BCUT2D eigenvalue weighted by molar-refractivity contribution is 5.88. The molecule has 4 nitrogen and oxygen atoms in total. The van der Waals surface area contributed by atoms with Gasteiger partial charge in [0, 0.05) is 31.5 Å². The lowest BCUT2D eigenvalue weighted by Gasteiger charge is -2.32. The molecule has 0 saturated heterocycles. The van der Waals surface area contributed by atoms with Crippen molar-refractivity contribution in [1.82, 2.24) is 10.2 Å². The van der Waals surface area contributed by atoms with E-state index in [-0.39, 0.29) is 30.6 Å². The maximum absolute atomic E-state index is 14.6. The Labute approximate surface area is 214 Å². The number of hydrogen-bond donors (Lipinski definition) is 1. The molecular formula is C31H37FN2O2. The smallest absolute Gasteiger partial charge is 0.243 e. The second-order valence-electron chi connectivity index (χ2n) is 9.51. The summed E-state index contributed by atoms with van der Waals surface area (Å²) < 4.78 is 14.6. The monoisotopic (exact) mass is 488 g/mol. The molecule has 3 aromatic rings. The van der Waals surface area contributed by atoms with E-state index in [2.05, 4.69) is 43.4 Å². The van der Waals surface area contributed by atoms with Crippen LogP contribution in [0.4, 0.5) is 4.39 Å². The summed E-state index contributed by atoms with van der Waals surface area (Å²) in [5, 5.41) is 2.95. The van der Waals surface area contributed by atoms with Gasteiger partial charge >= 0.3 is 0 Å². The number of aryl methyl sites for hydroxylation is 1. The maximum atomic E-state index is 14.6. The molecule has 0 aliphatic carbocycles. The molecule has 36 heavy (non-hydrogen) atoms. The zero-order valence-electron chi connectivity index (χ0n) is 21.5. The summed E-state index contributed by atoms with van der Waals surface area (Å²) in [7, 11) is 0. The normalized spacial score (nSPS) is 11.8. The first-order valence-electron chi connectivity index (χ1n) is 12.8. The van der Waals surface area contributed by atoms with E-state index in [9.17, 15) is 14.0 Å². The molecule has 0 unspecified atom stereocenters. The fourth-order valence-electron chi connectivity index (χ4n) is 4.19. The third kappa shape index (κ3) is 7.77. The van der Waals surface area contributed by atoms with Crippen LogP contribution in [0.5, 0.6) is 0 Å². The molecule has 0 spiro atoms. The first-order valence-corrected chi connectivity index (χ1v) is 12.8. The van der Waals surface area contributed by atoms with Gasteiger partial charge in [-0.2, -0.15) is 0 Å². The quantitative estimate of drug-likeness (QED) is 0.337. The van der Waals surface area contributed by atoms with Gasteiger partial charge in [-0.3, -0.25) is 9.59 Å². The molecule has 0 aliphatic heterocycles. The van der Waals surface area contributed by atoms with Gasteiger partial charge < -0.3 is 10.2 Å². The number of carbonyl (C=O) groups is 2. The highest BCUT2D eigenvalue weighted by atomic mass is 19.1. The fourth-order valence-corrected chi connectivity index (χ4v) is 4.19. The number of amides is 2. The molecule has 0 aliphatic rings. The Hall–Kier alpha value is -3.47. The lowest BCUT2D eigenvalue weighted by Crippen LogP contribution is -2.50. The first kappa shape index (κ1) is 27.1. The highest BCUT2D eigenvalue weighted by Gasteiger charge is 2.30. The molecule has 3 rings (SSSR count). The van der Waals surface area contributed by atoms with Crippen LogP contribution in [0.25, 0.3) is 0 Å². The van der Waals surface area contributed by atoms with Crippen LogP contribution in [0.1, 0.15) is 61.8 Å². The fraction of sp³-hybridized carbons (Fsp3) is 0.355. The van der Waals surface area contributed by atoms with E-state index in [1.54, 1.807) is 23.1 Å². The third-order valence-corrected chi connectivity index (χ3v) is 6.39. The van der Waals surface area contributed by atoms with Gasteiger partial charge in [0.05, 0.1) is 0 Å². The lowest BCUT2D eigenvalue weighted by molar-refractivity contribution is -0.141. The van der Waals surface area contributed by atoms with Gasteiger partial charge in [0.25, 0.3) is 0 Å². The molecule has 0 saturated carbocycles. The number of halogens is 1. The summed E-state index contributed by atoms with van der Waals surface area (Å²) in [4.78, 5) is 28.5. The van der Waals surface area contributed by atoms with Crippen molar-refractivity contribution in [2.24, 2.45) is 0 Å². The molecule has 0 bridgehead atoms. The Morgan fingerprint density at radius 3 is 2.19 bits per heavy atom. The summed E-state index contributed by atoms with van der Waals surface area (Å²) in [6, 6.07) is 23.6. The van der Waals surface area contributed by atoms with E-state index in [4.69, 9.17) is 0 Å². The third-order valence-electron chi connectivity index (χ3n) is 6.39. The average Bonchev–Trinajstić information content (AvgIpc) is 2.89. The molecule has 190 valence electrons. The second-order valence-corrected chi connectivity index (χ2v) is 9.51. The van der Waals surface area contributed by atoms with Gasteiger partial charge in [-0.15, -0.1) is 0 Å². The van der Waals surface area contributed by atoms with Crippen LogP contribution in [-0.4, -0.2) is 29.3 Å². The van der Waals surface area contributed by atoms with Crippen LogP contribution in [0, 0.1) is 5.82 Å². The summed E-state index contributed by atoms with van der Waals surface area (Å²) in [5.41, 5.74) is 3.66. The van der Waals surface area contributed by atoms with Crippen molar-refractivity contribution in [2.45, 2.75) is 65.0 Å². The predicted octanol–water partition coefficient (Wildman–Crippen LogP) is 6.05. The Bertz CT molecular complexity index is 1110. The van der Waals surface area contributed by atoms with Gasteiger partial charge in [-0.05, 0) is 41.5 Å². The predicted molar refractivity (Wildman–Crippen MR) is 143 cm³/mol. The molecule has 1 N–H and O–H groups in total. The van der Waals surface area contributed by atoms with Crippen LogP contribution in [0.15, 0.2) is 78.9 Å². The van der Waals surface area contributed by atoms with Crippen molar-refractivity contribution in [1.29, 1.82) is 0 Å². The van der Waals surface area contributed by atoms with Crippen LogP contribution in [0.2, 0.25) is 0 Å². The molecule has 5 heteroatoms. The SMILES string of the molecule is CCCNC(=O)[C@@H](Cc1ccccc1)N(Cc1ccccc1F)C(=O)CCc1ccc(C(C)C)cc1. The standard InChI is InChI=1S/C31H37FN2O2/c1-4-20-33-31(36)29(21-25-10-6-5-7-11-25)34(22-27-12-8-9-13-28(27)32)30(35)19-16-24-14-17-26(18-15-24)23(2)3/h5-15,17-18,23,29H,4,16,19-22H2,1-3H3,(H,33,36)/t29-/m1/s1. The highest BCUT2D eigenvalue weighted by Crippen LogP contribution is 2.20. The molecule has 0 heterocycles.